The van der Waals surface area contributed by atoms with Crippen molar-refractivity contribution in [2.45, 2.75) is 64.4 Å². The molecule has 4 rings (SSSR count). The molecule has 27 heavy (non-hydrogen) atoms. The first-order valence-electron chi connectivity index (χ1n) is 9.93. The Bertz CT molecular complexity index is 865. The average molecular weight is 364 g/mol. The van der Waals surface area contributed by atoms with E-state index in [4.69, 9.17) is 9.73 Å². The normalized spacial score (nSPS) is 19.0. The number of nitrogens with zero attached hydrogens (tertiary/aromatic N) is 3. The van der Waals surface area contributed by atoms with Crippen LogP contribution < -0.4 is 10.1 Å². The minimum atomic E-state index is -0.550. The monoisotopic (exact) mass is 364 g/mol. The van der Waals surface area contributed by atoms with Crippen molar-refractivity contribution in [1.29, 1.82) is 0 Å². The molecule has 2 aliphatic rings. The number of ether oxygens (including phenoxy) is 1. The van der Waals surface area contributed by atoms with Gasteiger partial charge >= 0.3 is 0 Å². The van der Waals surface area contributed by atoms with Crippen LogP contribution in [0.2, 0.25) is 0 Å². The van der Waals surface area contributed by atoms with Gasteiger partial charge in [-0.05, 0) is 45.1 Å². The van der Waals surface area contributed by atoms with Crippen molar-refractivity contribution in [3.8, 4) is 5.88 Å². The maximum atomic E-state index is 6.23. The van der Waals surface area contributed by atoms with Gasteiger partial charge in [0.1, 0.15) is 11.4 Å². The Morgan fingerprint density at radius 2 is 1.74 bits per heavy atom. The van der Waals surface area contributed by atoms with E-state index in [9.17, 15) is 0 Å². The van der Waals surface area contributed by atoms with Crippen molar-refractivity contribution < 1.29 is 4.74 Å². The number of hydrogen-bond donors (Lipinski definition) is 1. The molecule has 5 nitrogen and oxygen atoms in total. The first-order chi connectivity index (χ1) is 13.0. The molecular formula is C22H28N4O. The van der Waals surface area contributed by atoms with E-state index in [-0.39, 0.29) is 0 Å². The van der Waals surface area contributed by atoms with Crippen LogP contribution in [-0.2, 0) is 0 Å². The van der Waals surface area contributed by atoms with Gasteiger partial charge in [0.25, 0.3) is 0 Å². The summed E-state index contributed by atoms with van der Waals surface area (Å²) in [7, 11) is 1.84. The standard InChI is InChI=1S/C22H28N4O/c1-14-24-20(23-4)18-21(25-14)27-22(2,3)19(26-18)17-12-10-16(11-13-17)15-8-6-5-7-9-15/h10-13,15H,5-9H2,1-4H3,(H,23,24,25). The molecule has 2 aromatic rings. The molecule has 0 atom stereocenters. The number of aromatic nitrogens is 2. The SMILES string of the molecule is CNc1nc(C)nc2c1N=C(c1ccc(C3CCCCC3)cc1)C(C)(C)O2. The largest absolute Gasteiger partial charge is 0.463 e. The van der Waals surface area contributed by atoms with Gasteiger partial charge in [0.15, 0.2) is 11.5 Å². The van der Waals surface area contributed by atoms with Crippen LogP contribution >= 0.6 is 0 Å². The summed E-state index contributed by atoms with van der Waals surface area (Å²) >= 11 is 0. The lowest BCUT2D eigenvalue weighted by Crippen LogP contribution is -2.41. The number of nitrogens with one attached hydrogen (secondary N) is 1. The van der Waals surface area contributed by atoms with E-state index in [2.05, 4.69) is 39.6 Å². The molecule has 0 spiro atoms. The number of aryl methyl sites for hydroxylation is 1. The Hall–Kier alpha value is -2.43. The summed E-state index contributed by atoms with van der Waals surface area (Å²) in [5.74, 6) is 2.62. The number of aliphatic imine (C=N–C) groups is 1. The molecular weight excluding hydrogens is 336 g/mol. The van der Waals surface area contributed by atoms with Gasteiger partial charge in [-0.15, -0.1) is 0 Å². The van der Waals surface area contributed by atoms with Crippen molar-refractivity contribution in [3.63, 3.8) is 0 Å². The molecule has 142 valence electrons. The van der Waals surface area contributed by atoms with Crippen molar-refractivity contribution in [2.75, 3.05) is 12.4 Å². The fourth-order valence-corrected chi connectivity index (χ4v) is 4.18. The van der Waals surface area contributed by atoms with Crippen LogP contribution in [0.15, 0.2) is 29.3 Å². The van der Waals surface area contributed by atoms with Gasteiger partial charge in [-0.3, -0.25) is 0 Å². The lowest BCUT2D eigenvalue weighted by atomic mass is 9.83. The maximum Gasteiger partial charge on any atom is 0.246 e. The smallest absolute Gasteiger partial charge is 0.246 e. The lowest BCUT2D eigenvalue weighted by Gasteiger charge is -2.32. The fraction of sp³-hybridized carbons (Fsp3) is 0.500. The molecule has 1 N–H and O–H groups in total. The van der Waals surface area contributed by atoms with E-state index in [0.717, 1.165) is 11.3 Å². The highest BCUT2D eigenvalue weighted by atomic mass is 16.5. The van der Waals surface area contributed by atoms with E-state index in [1.165, 1.54) is 37.7 Å². The zero-order chi connectivity index (χ0) is 19.0. The molecule has 0 radical (unpaired) electrons. The predicted molar refractivity (Wildman–Crippen MR) is 109 cm³/mol. The predicted octanol–water partition coefficient (Wildman–Crippen LogP) is 5.17. The maximum absolute atomic E-state index is 6.23. The summed E-state index contributed by atoms with van der Waals surface area (Å²) in [6, 6.07) is 8.91. The molecule has 1 saturated carbocycles. The van der Waals surface area contributed by atoms with E-state index in [0.29, 0.717) is 29.1 Å². The van der Waals surface area contributed by atoms with Gasteiger partial charge in [-0.25, -0.2) is 9.98 Å². The van der Waals surface area contributed by atoms with Gasteiger partial charge in [-0.1, -0.05) is 43.5 Å². The fourth-order valence-electron chi connectivity index (χ4n) is 4.18. The van der Waals surface area contributed by atoms with Crippen LogP contribution in [0.5, 0.6) is 5.88 Å². The number of fused-ring (bicyclic) bond motifs is 1. The van der Waals surface area contributed by atoms with Gasteiger partial charge in [0, 0.05) is 12.6 Å². The molecule has 0 amide bonds. The third kappa shape index (κ3) is 3.43. The van der Waals surface area contributed by atoms with E-state index >= 15 is 0 Å². The molecule has 0 bridgehead atoms. The van der Waals surface area contributed by atoms with Crippen molar-refractivity contribution in [3.05, 3.63) is 41.2 Å². The van der Waals surface area contributed by atoms with Crippen LogP contribution in [-0.4, -0.2) is 28.3 Å². The summed E-state index contributed by atoms with van der Waals surface area (Å²) in [6.45, 7) is 5.95. The molecule has 1 aromatic heterocycles. The third-order valence-electron chi connectivity index (χ3n) is 5.61. The first-order valence-corrected chi connectivity index (χ1v) is 9.93. The van der Waals surface area contributed by atoms with Crippen molar-refractivity contribution in [2.24, 2.45) is 4.99 Å². The highest BCUT2D eigenvalue weighted by Gasteiger charge is 2.35. The lowest BCUT2D eigenvalue weighted by molar-refractivity contribution is 0.171. The van der Waals surface area contributed by atoms with Crippen LogP contribution in [0.25, 0.3) is 0 Å². The Morgan fingerprint density at radius 1 is 1.04 bits per heavy atom. The minimum Gasteiger partial charge on any atom is -0.463 e. The highest BCUT2D eigenvalue weighted by Crippen LogP contribution is 2.41. The van der Waals surface area contributed by atoms with Gasteiger partial charge in [0.05, 0.1) is 5.71 Å². The van der Waals surface area contributed by atoms with Gasteiger partial charge in [0.2, 0.25) is 5.88 Å². The number of benzene rings is 1. The van der Waals surface area contributed by atoms with Gasteiger partial charge in [-0.2, -0.15) is 4.98 Å². The second-order valence-corrected chi connectivity index (χ2v) is 8.05. The molecule has 1 fully saturated rings. The Morgan fingerprint density at radius 3 is 2.41 bits per heavy atom. The van der Waals surface area contributed by atoms with Gasteiger partial charge < -0.3 is 10.1 Å². The summed E-state index contributed by atoms with van der Waals surface area (Å²) in [5.41, 5.74) is 3.57. The van der Waals surface area contributed by atoms with Crippen molar-refractivity contribution >= 4 is 17.2 Å². The second kappa shape index (κ2) is 6.95. The summed E-state index contributed by atoms with van der Waals surface area (Å²) in [4.78, 5) is 13.8. The Kier molecular flexibility index (Phi) is 4.62. The molecule has 2 heterocycles. The highest BCUT2D eigenvalue weighted by molar-refractivity contribution is 6.09. The second-order valence-electron chi connectivity index (χ2n) is 8.05. The zero-order valence-electron chi connectivity index (χ0n) is 16.7. The summed E-state index contributed by atoms with van der Waals surface area (Å²) in [6.07, 6.45) is 6.70. The van der Waals surface area contributed by atoms with Crippen LogP contribution in [0.4, 0.5) is 11.5 Å². The molecule has 1 aliphatic carbocycles. The van der Waals surface area contributed by atoms with Crippen molar-refractivity contribution in [1.82, 2.24) is 9.97 Å². The third-order valence-corrected chi connectivity index (χ3v) is 5.61. The molecule has 0 unspecified atom stereocenters. The summed E-state index contributed by atoms with van der Waals surface area (Å²) in [5, 5.41) is 3.11. The average Bonchev–Trinajstić information content (AvgIpc) is 2.67. The van der Waals surface area contributed by atoms with Crippen LogP contribution in [0.3, 0.4) is 0 Å². The minimum absolute atomic E-state index is 0.541. The number of hydrogen-bond acceptors (Lipinski definition) is 5. The van der Waals surface area contributed by atoms with E-state index < -0.39 is 5.60 Å². The zero-order valence-corrected chi connectivity index (χ0v) is 16.7. The molecule has 0 saturated heterocycles. The van der Waals surface area contributed by atoms with Crippen LogP contribution in [0, 0.1) is 6.92 Å². The van der Waals surface area contributed by atoms with E-state index in [1.807, 2.05) is 27.8 Å². The summed E-state index contributed by atoms with van der Waals surface area (Å²) < 4.78 is 6.23. The first kappa shape index (κ1) is 18.0. The molecule has 1 aliphatic heterocycles. The Balaban J connectivity index is 1.71. The molecule has 1 aromatic carbocycles. The Labute approximate surface area is 161 Å². The number of rotatable bonds is 3. The van der Waals surface area contributed by atoms with Crippen LogP contribution in [0.1, 0.15) is 68.8 Å². The topological polar surface area (TPSA) is 59.4 Å². The quantitative estimate of drug-likeness (QED) is 0.816. The molecule has 5 heteroatoms. The number of anilines is 1. The van der Waals surface area contributed by atoms with E-state index in [1.54, 1.807) is 0 Å².